The fraction of sp³-hybridized carbons (Fsp3) is 0.933. The summed E-state index contributed by atoms with van der Waals surface area (Å²) in [5.74, 6) is 0.733. The van der Waals surface area contributed by atoms with Gasteiger partial charge in [0, 0.05) is 18.0 Å². The molecule has 2 heteroatoms. The number of carbonyl (C=O) groups excluding carboxylic acids is 1. The first kappa shape index (κ1) is 13.1. The van der Waals surface area contributed by atoms with E-state index < -0.39 is 0 Å². The van der Waals surface area contributed by atoms with Crippen LogP contribution in [0.25, 0.3) is 0 Å². The van der Waals surface area contributed by atoms with Crippen molar-refractivity contribution in [2.24, 2.45) is 11.3 Å². The summed E-state index contributed by atoms with van der Waals surface area (Å²) in [6.45, 7) is 6.82. The van der Waals surface area contributed by atoms with Crippen LogP contribution in [-0.4, -0.2) is 30.3 Å². The maximum atomic E-state index is 11.6. The van der Waals surface area contributed by atoms with E-state index in [0.29, 0.717) is 0 Å². The Balaban J connectivity index is 2.00. The molecular formula is C15H27NO. The smallest absolute Gasteiger partial charge is 0.127 e. The molecule has 0 aromatic heterocycles. The summed E-state index contributed by atoms with van der Waals surface area (Å²) in [6, 6.07) is 0.740. The first-order chi connectivity index (χ1) is 8.19. The van der Waals surface area contributed by atoms with Gasteiger partial charge in [-0.1, -0.05) is 26.7 Å². The zero-order valence-corrected chi connectivity index (χ0v) is 11.5. The summed E-state index contributed by atoms with van der Waals surface area (Å²) >= 11 is 0. The fourth-order valence-electron chi connectivity index (χ4n) is 3.96. The van der Waals surface area contributed by atoms with Crippen molar-refractivity contribution >= 4 is 6.29 Å². The Morgan fingerprint density at radius 3 is 2.82 bits per heavy atom. The lowest BCUT2D eigenvalue weighted by Crippen LogP contribution is -2.43. The van der Waals surface area contributed by atoms with Gasteiger partial charge in [0.25, 0.3) is 0 Å². The molecule has 3 atom stereocenters. The Labute approximate surface area is 106 Å². The van der Waals surface area contributed by atoms with Gasteiger partial charge in [0.05, 0.1) is 0 Å². The number of nitrogens with zero attached hydrogens (tertiary/aromatic N) is 1. The Morgan fingerprint density at radius 2 is 2.18 bits per heavy atom. The normalized spacial score (nSPS) is 39.4. The second kappa shape index (κ2) is 5.51. The highest BCUT2D eigenvalue weighted by Gasteiger charge is 2.38. The molecule has 0 bridgehead atoms. The van der Waals surface area contributed by atoms with Gasteiger partial charge in [-0.3, -0.25) is 4.90 Å². The number of aldehydes is 1. The molecule has 2 fully saturated rings. The molecule has 0 amide bonds. The lowest BCUT2D eigenvalue weighted by Gasteiger charge is -2.40. The van der Waals surface area contributed by atoms with E-state index in [2.05, 4.69) is 18.7 Å². The van der Waals surface area contributed by atoms with Crippen LogP contribution in [0.4, 0.5) is 0 Å². The highest BCUT2D eigenvalue weighted by Crippen LogP contribution is 2.39. The topological polar surface area (TPSA) is 20.3 Å². The molecule has 1 heterocycles. The van der Waals surface area contributed by atoms with E-state index in [1.165, 1.54) is 44.9 Å². The molecule has 2 nitrogen and oxygen atoms in total. The van der Waals surface area contributed by atoms with Crippen LogP contribution >= 0.6 is 0 Å². The Morgan fingerprint density at radius 1 is 1.35 bits per heavy atom. The third-order valence-electron chi connectivity index (χ3n) is 4.86. The number of rotatable bonds is 4. The average molecular weight is 237 g/mol. The molecule has 0 aromatic carbocycles. The van der Waals surface area contributed by atoms with Gasteiger partial charge < -0.3 is 4.79 Å². The first-order valence-electron chi connectivity index (χ1n) is 7.39. The van der Waals surface area contributed by atoms with Crippen molar-refractivity contribution in [2.75, 3.05) is 13.1 Å². The van der Waals surface area contributed by atoms with Crippen LogP contribution in [0.2, 0.25) is 0 Å². The second-order valence-electron chi connectivity index (χ2n) is 6.36. The zero-order chi connectivity index (χ0) is 12.3. The minimum absolute atomic E-state index is 0.0184. The van der Waals surface area contributed by atoms with Crippen LogP contribution in [-0.2, 0) is 4.79 Å². The predicted octanol–water partition coefficient (Wildman–Crippen LogP) is 3.26. The van der Waals surface area contributed by atoms with Crippen LogP contribution in [0, 0.1) is 11.3 Å². The number of likely N-dealkylation sites (tertiary alicyclic amines) is 1. The highest BCUT2D eigenvalue weighted by atomic mass is 16.1. The van der Waals surface area contributed by atoms with Gasteiger partial charge >= 0.3 is 0 Å². The molecule has 17 heavy (non-hydrogen) atoms. The molecule has 0 aromatic rings. The van der Waals surface area contributed by atoms with E-state index in [1.54, 1.807) is 0 Å². The van der Waals surface area contributed by atoms with Gasteiger partial charge in [-0.25, -0.2) is 0 Å². The van der Waals surface area contributed by atoms with E-state index >= 15 is 0 Å². The molecule has 1 aliphatic carbocycles. The highest BCUT2D eigenvalue weighted by molar-refractivity contribution is 5.60. The fourth-order valence-corrected chi connectivity index (χ4v) is 3.96. The van der Waals surface area contributed by atoms with E-state index in [1.807, 2.05) is 0 Å². The summed E-state index contributed by atoms with van der Waals surface area (Å²) in [7, 11) is 0. The summed E-state index contributed by atoms with van der Waals surface area (Å²) in [5, 5.41) is 0. The third-order valence-corrected chi connectivity index (χ3v) is 4.86. The molecule has 3 unspecified atom stereocenters. The maximum Gasteiger partial charge on any atom is 0.127 e. The summed E-state index contributed by atoms with van der Waals surface area (Å²) in [4.78, 5) is 14.2. The van der Waals surface area contributed by atoms with Crippen molar-refractivity contribution in [3.8, 4) is 0 Å². The van der Waals surface area contributed by atoms with Gasteiger partial charge in [0.15, 0.2) is 0 Å². The Kier molecular flexibility index (Phi) is 4.24. The number of hydrogen-bond donors (Lipinski definition) is 0. The van der Waals surface area contributed by atoms with Crippen LogP contribution in [0.1, 0.15) is 58.8 Å². The minimum atomic E-state index is -0.0184. The Bertz CT molecular complexity index is 266. The van der Waals surface area contributed by atoms with E-state index in [4.69, 9.17) is 0 Å². The van der Waals surface area contributed by atoms with Crippen LogP contribution in [0.3, 0.4) is 0 Å². The van der Waals surface area contributed by atoms with Gasteiger partial charge in [-0.15, -0.1) is 0 Å². The lowest BCUT2D eigenvalue weighted by molar-refractivity contribution is -0.120. The second-order valence-corrected chi connectivity index (χ2v) is 6.36. The molecule has 1 saturated carbocycles. The SMILES string of the molecule is CCC1CCCN1CC1(C=O)CCCC(C)C1. The van der Waals surface area contributed by atoms with Crippen molar-refractivity contribution in [2.45, 2.75) is 64.8 Å². The van der Waals surface area contributed by atoms with Gasteiger partial charge in [-0.05, 0) is 44.6 Å². The molecule has 0 spiro atoms. The lowest BCUT2D eigenvalue weighted by atomic mass is 9.70. The molecule has 2 rings (SSSR count). The average Bonchev–Trinajstić information content (AvgIpc) is 2.76. The largest absolute Gasteiger partial charge is 0.303 e. The van der Waals surface area contributed by atoms with E-state index in [-0.39, 0.29) is 5.41 Å². The first-order valence-corrected chi connectivity index (χ1v) is 7.39. The molecule has 98 valence electrons. The van der Waals surface area contributed by atoms with Crippen LogP contribution in [0.15, 0.2) is 0 Å². The van der Waals surface area contributed by atoms with Crippen LogP contribution in [0.5, 0.6) is 0 Å². The predicted molar refractivity (Wildman–Crippen MR) is 71.0 cm³/mol. The molecular weight excluding hydrogens is 210 g/mol. The zero-order valence-electron chi connectivity index (χ0n) is 11.5. The van der Waals surface area contributed by atoms with Crippen LogP contribution < -0.4 is 0 Å². The monoisotopic (exact) mass is 237 g/mol. The minimum Gasteiger partial charge on any atom is -0.303 e. The van der Waals surface area contributed by atoms with Crippen molar-refractivity contribution in [1.82, 2.24) is 4.90 Å². The molecule has 2 aliphatic rings. The maximum absolute atomic E-state index is 11.6. The number of carbonyl (C=O) groups is 1. The van der Waals surface area contributed by atoms with Gasteiger partial charge in [-0.2, -0.15) is 0 Å². The van der Waals surface area contributed by atoms with Crippen molar-refractivity contribution in [3.63, 3.8) is 0 Å². The van der Waals surface area contributed by atoms with Gasteiger partial charge in [0.2, 0.25) is 0 Å². The van der Waals surface area contributed by atoms with E-state index in [9.17, 15) is 4.79 Å². The summed E-state index contributed by atoms with van der Waals surface area (Å²) in [6.07, 6.45) is 9.97. The van der Waals surface area contributed by atoms with Crippen molar-refractivity contribution in [1.29, 1.82) is 0 Å². The van der Waals surface area contributed by atoms with Crippen molar-refractivity contribution < 1.29 is 4.79 Å². The Hall–Kier alpha value is -0.370. The van der Waals surface area contributed by atoms with Crippen molar-refractivity contribution in [3.05, 3.63) is 0 Å². The molecule has 1 saturated heterocycles. The number of hydrogen-bond acceptors (Lipinski definition) is 2. The standard InChI is InChI=1S/C15H27NO/c1-3-14-7-5-9-16(14)11-15(12-17)8-4-6-13(2)10-15/h12-14H,3-11H2,1-2H3. The quantitative estimate of drug-likeness (QED) is 0.700. The van der Waals surface area contributed by atoms with E-state index in [0.717, 1.165) is 31.3 Å². The summed E-state index contributed by atoms with van der Waals surface area (Å²) in [5.41, 5.74) is -0.0184. The van der Waals surface area contributed by atoms with Gasteiger partial charge in [0.1, 0.15) is 6.29 Å². The molecule has 1 aliphatic heterocycles. The third kappa shape index (κ3) is 2.90. The molecule has 0 N–H and O–H groups in total. The molecule has 0 radical (unpaired) electrons. The summed E-state index contributed by atoms with van der Waals surface area (Å²) < 4.78 is 0.